The van der Waals surface area contributed by atoms with Crippen LogP contribution in [0.1, 0.15) is 21.4 Å². The van der Waals surface area contributed by atoms with Crippen LogP contribution in [0.2, 0.25) is 0 Å². The minimum Gasteiger partial charge on any atom is -0.323 e. The number of rotatable bonds is 3. The average Bonchev–Trinajstić information content (AvgIpc) is 2.62. The van der Waals surface area contributed by atoms with Gasteiger partial charge in [0.05, 0.1) is 0 Å². The molecule has 1 heterocycles. The number of thiophene rings is 1. The van der Waals surface area contributed by atoms with Crippen molar-refractivity contribution in [3.8, 4) is 0 Å². The fourth-order valence-corrected chi connectivity index (χ4v) is 3.72. The normalized spacial score (nSPS) is 12.7. The monoisotopic (exact) mass is 331 g/mol. The lowest BCUT2D eigenvalue weighted by Crippen LogP contribution is -2.13. The molecule has 96 valence electrons. The van der Waals surface area contributed by atoms with Gasteiger partial charge in [-0.2, -0.15) is 0 Å². The Morgan fingerprint density at radius 1 is 1.33 bits per heavy atom. The quantitative estimate of drug-likeness (QED) is 0.889. The molecule has 2 N–H and O–H groups in total. The number of benzene rings is 1. The maximum Gasteiger partial charge on any atom is 0.129 e. The summed E-state index contributed by atoms with van der Waals surface area (Å²) in [5.74, 6) is -1.12. The second-order valence-electron chi connectivity index (χ2n) is 4.12. The van der Waals surface area contributed by atoms with Gasteiger partial charge in [0.15, 0.2) is 0 Å². The summed E-state index contributed by atoms with van der Waals surface area (Å²) >= 11 is 5.02. The molecule has 1 unspecified atom stereocenters. The van der Waals surface area contributed by atoms with Crippen LogP contribution in [0.3, 0.4) is 0 Å². The van der Waals surface area contributed by atoms with Crippen molar-refractivity contribution in [3.63, 3.8) is 0 Å². The van der Waals surface area contributed by atoms with Crippen LogP contribution in [-0.2, 0) is 6.42 Å². The lowest BCUT2D eigenvalue weighted by Gasteiger charge is -2.11. The van der Waals surface area contributed by atoms with Crippen LogP contribution in [-0.4, -0.2) is 0 Å². The van der Waals surface area contributed by atoms with E-state index in [-0.39, 0.29) is 6.04 Å². The Bertz CT molecular complexity index is 568. The van der Waals surface area contributed by atoms with Gasteiger partial charge in [-0.25, -0.2) is 8.78 Å². The Labute approximate surface area is 117 Å². The first-order valence-electron chi connectivity index (χ1n) is 5.42. The van der Waals surface area contributed by atoms with Crippen molar-refractivity contribution in [2.45, 2.75) is 19.4 Å². The number of nitrogens with two attached hydrogens (primary N) is 1. The Balaban J connectivity index is 2.21. The van der Waals surface area contributed by atoms with Crippen molar-refractivity contribution in [2.75, 3.05) is 0 Å². The molecule has 0 bridgehead atoms. The van der Waals surface area contributed by atoms with E-state index in [1.54, 1.807) is 11.3 Å². The Morgan fingerprint density at radius 2 is 2.06 bits per heavy atom. The van der Waals surface area contributed by atoms with Gasteiger partial charge in [0.1, 0.15) is 11.6 Å². The smallest absolute Gasteiger partial charge is 0.129 e. The maximum absolute atomic E-state index is 13.5. The first kappa shape index (κ1) is 13.6. The van der Waals surface area contributed by atoms with Gasteiger partial charge < -0.3 is 5.73 Å². The molecule has 2 rings (SSSR count). The molecule has 0 amide bonds. The van der Waals surface area contributed by atoms with Gasteiger partial charge in [-0.3, -0.25) is 0 Å². The van der Waals surface area contributed by atoms with Gasteiger partial charge in [-0.15, -0.1) is 11.3 Å². The van der Waals surface area contributed by atoms with Gasteiger partial charge in [0.2, 0.25) is 0 Å². The third kappa shape index (κ3) is 2.96. The zero-order chi connectivity index (χ0) is 13.3. The summed E-state index contributed by atoms with van der Waals surface area (Å²) in [4.78, 5) is 2.13. The zero-order valence-electron chi connectivity index (χ0n) is 9.71. The highest BCUT2D eigenvalue weighted by Crippen LogP contribution is 2.32. The summed E-state index contributed by atoms with van der Waals surface area (Å²) in [6, 6.07) is 5.27. The average molecular weight is 332 g/mol. The number of aryl methyl sites for hydroxylation is 1. The van der Waals surface area contributed by atoms with Crippen LogP contribution in [0.4, 0.5) is 8.78 Å². The van der Waals surface area contributed by atoms with Gasteiger partial charge in [0.25, 0.3) is 0 Å². The number of halogens is 3. The first-order valence-corrected chi connectivity index (χ1v) is 7.03. The fourth-order valence-electron chi connectivity index (χ4n) is 1.77. The minimum atomic E-state index is -0.571. The molecule has 0 aliphatic rings. The lowest BCUT2D eigenvalue weighted by atomic mass is 10.0. The SMILES string of the molecule is Cc1cc(Br)c(C(N)Cc2ccc(F)cc2F)s1. The summed E-state index contributed by atoms with van der Waals surface area (Å²) in [6.45, 7) is 1.99. The van der Waals surface area contributed by atoms with Crippen molar-refractivity contribution in [1.29, 1.82) is 0 Å². The maximum atomic E-state index is 13.5. The molecule has 0 spiro atoms. The molecule has 2 aromatic rings. The van der Waals surface area contributed by atoms with E-state index in [9.17, 15) is 8.78 Å². The predicted octanol–water partition coefficient (Wildman–Crippen LogP) is 4.34. The van der Waals surface area contributed by atoms with E-state index in [0.717, 1.165) is 20.3 Å². The molecule has 18 heavy (non-hydrogen) atoms. The molecule has 0 radical (unpaired) electrons. The van der Waals surface area contributed by atoms with Crippen molar-refractivity contribution in [1.82, 2.24) is 0 Å². The molecule has 1 atom stereocenters. The highest BCUT2D eigenvalue weighted by Gasteiger charge is 2.15. The number of hydrogen-bond acceptors (Lipinski definition) is 2. The molecule has 0 aliphatic carbocycles. The van der Waals surface area contributed by atoms with Crippen molar-refractivity contribution < 1.29 is 8.78 Å². The standard InChI is InChI=1S/C13H12BrF2NS/c1-7-4-10(14)13(18-7)12(17)5-8-2-3-9(15)6-11(8)16/h2-4,6,12H,5,17H2,1H3. The van der Waals surface area contributed by atoms with Crippen LogP contribution >= 0.6 is 27.3 Å². The van der Waals surface area contributed by atoms with Gasteiger partial charge in [-0.1, -0.05) is 6.07 Å². The van der Waals surface area contributed by atoms with Crippen LogP contribution in [0.15, 0.2) is 28.7 Å². The van der Waals surface area contributed by atoms with E-state index in [2.05, 4.69) is 15.9 Å². The van der Waals surface area contributed by atoms with E-state index >= 15 is 0 Å². The summed E-state index contributed by atoms with van der Waals surface area (Å²) < 4.78 is 27.3. The zero-order valence-corrected chi connectivity index (χ0v) is 12.1. The molecule has 1 aromatic carbocycles. The molecule has 5 heteroatoms. The third-order valence-corrected chi connectivity index (χ3v) is 4.73. The van der Waals surface area contributed by atoms with E-state index in [1.165, 1.54) is 12.1 Å². The number of hydrogen-bond donors (Lipinski definition) is 1. The first-order chi connectivity index (χ1) is 8.47. The second-order valence-corrected chi connectivity index (χ2v) is 6.26. The second kappa shape index (κ2) is 5.47. The van der Waals surface area contributed by atoms with E-state index in [0.29, 0.717) is 12.0 Å². The van der Waals surface area contributed by atoms with Crippen LogP contribution in [0.5, 0.6) is 0 Å². The summed E-state index contributed by atoms with van der Waals surface area (Å²) in [6.07, 6.45) is 0.352. The Hall–Kier alpha value is -0.780. The largest absolute Gasteiger partial charge is 0.323 e. The Kier molecular flexibility index (Phi) is 4.14. The fraction of sp³-hybridized carbons (Fsp3) is 0.231. The van der Waals surface area contributed by atoms with Gasteiger partial charge >= 0.3 is 0 Å². The lowest BCUT2D eigenvalue weighted by molar-refractivity contribution is 0.564. The molecular formula is C13H12BrF2NS. The topological polar surface area (TPSA) is 26.0 Å². The highest BCUT2D eigenvalue weighted by molar-refractivity contribution is 9.10. The molecule has 0 saturated heterocycles. The van der Waals surface area contributed by atoms with Crippen molar-refractivity contribution in [3.05, 3.63) is 55.7 Å². The van der Waals surface area contributed by atoms with Crippen LogP contribution < -0.4 is 5.73 Å². The summed E-state index contributed by atoms with van der Waals surface area (Å²) in [5, 5.41) is 0. The van der Waals surface area contributed by atoms with E-state index in [1.807, 2.05) is 13.0 Å². The minimum absolute atomic E-state index is 0.293. The molecule has 0 aliphatic heterocycles. The highest BCUT2D eigenvalue weighted by atomic mass is 79.9. The van der Waals surface area contributed by atoms with Crippen LogP contribution in [0.25, 0.3) is 0 Å². The Morgan fingerprint density at radius 3 is 2.61 bits per heavy atom. The molecular weight excluding hydrogens is 320 g/mol. The van der Waals surface area contributed by atoms with Gasteiger partial charge in [-0.05, 0) is 47.0 Å². The summed E-state index contributed by atoms with van der Waals surface area (Å²) in [5.41, 5.74) is 6.50. The predicted molar refractivity (Wildman–Crippen MR) is 73.7 cm³/mol. The van der Waals surface area contributed by atoms with Crippen molar-refractivity contribution >= 4 is 27.3 Å². The molecule has 0 saturated carbocycles. The van der Waals surface area contributed by atoms with Crippen LogP contribution in [0, 0.1) is 18.6 Å². The third-order valence-electron chi connectivity index (χ3n) is 2.63. The van der Waals surface area contributed by atoms with Gasteiger partial charge in [0, 0.05) is 26.3 Å². The van der Waals surface area contributed by atoms with E-state index < -0.39 is 11.6 Å². The van der Waals surface area contributed by atoms with Crippen molar-refractivity contribution in [2.24, 2.45) is 5.73 Å². The molecule has 1 nitrogen and oxygen atoms in total. The van der Waals surface area contributed by atoms with E-state index in [4.69, 9.17) is 5.73 Å². The molecule has 1 aromatic heterocycles. The summed E-state index contributed by atoms with van der Waals surface area (Å²) in [7, 11) is 0. The molecule has 0 fully saturated rings.